The molecule has 0 atom stereocenters. The highest BCUT2D eigenvalue weighted by Gasteiger charge is 2.32. The number of rotatable bonds is 3. The number of carboxylic acid groups (broad SMARTS) is 1. The summed E-state index contributed by atoms with van der Waals surface area (Å²) in [6, 6.07) is 12.7. The van der Waals surface area contributed by atoms with Crippen LogP contribution in [0.3, 0.4) is 0 Å². The Kier molecular flexibility index (Phi) is 4.28. The lowest BCUT2D eigenvalue weighted by Gasteiger charge is -2.39. The first-order valence-electron chi connectivity index (χ1n) is 7.04. The summed E-state index contributed by atoms with van der Waals surface area (Å²) in [6.45, 7) is 1.25. The normalized spacial score (nSPS) is 14.4. The summed E-state index contributed by atoms with van der Waals surface area (Å²) in [5, 5.41) is 8.97. The van der Waals surface area contributed by atoms with Gasteiger partial charge in [-0.3, -0.25) is 4.79 Å². The van der Waals surface area contributed by atoms with Gasteiger partial charge in [0.15, 0.2) is 0 Å². The third-order valence-corrected chi connectivity index (χ3v) is 4.54. The average Bonchev–Trinajstić information content (AvgIpc) is 2.45. The molecule has 1 amide bonds. The number of benzene rings is 2. The molecule has 1 N–H and O–H groups in total. The number of halogens is 2. The van der Waals surface area contributed by atoms with E-state index in [9.17, 15) is 9.59 Å². The molecule has 0 bridgehead atoms. The van der Waals surface area contributed by atoms with Crippen LogP contribution in [0.4, 0.5) is 0 Å². The Morgan fingerprint density at radius 3 is 2.13 bits per heavy atom. The maximum atomic E-state index is 12.5. The van der Waals surface area contributed by atoms with Crippen LogP contribution in [0.25, 0.3) is 0 Å². The van der Waals surface area contributed by atoms with Gasteiger partial charge in [0, 0.05) is 24.6 Å². The average molecular weight is 350 g/mol. The maximum absolute atomic E-state index is 12.5. The minimum absolute atomic E-state index is 0.0338. The van der Waals surface area contributed by atoms with Crippen molar-refractivity contribution < 1.29 is 14.7 Å². The van der Waals surface area contributed by atoms with Crippen LogP contribution in [0.2, 0.25) is 10.0 Å². The highest BCUT2D eigenvalue weighted by molar-refractivity contribution is 6.39. The lowest BCUT2D eigenvalue weighted by molar-refractivity contribution is 0.0600. The van der Waals surface area contributed by atoms with Gasteiger partial charge in [-0.05, 0) is 17.7 Å². The highest BCUT2D eigenvalue weighted by atomic mass is 35.5. The Morgan fingerprint density at radius 2 is 1.61 bits per heavy atom. The zero-order valence-electron chi connectivity index (χ0n) is 12.0. The lowest BCUT2D eigenvalue weighted by Crippen LogP contribution is -2.48. The van der Waals surface area contributed by atoms with Crippen LogP contribution in [0.1, 0.15) is 32.2 Å². The first kappa shape index (κ1) is 15.8. The molecule has 4 nitrogen and oxygen atoms in total. The Hall–Kier alpha value is -2.04. The van der Waals surface area contributed by atoms with Gasteiger partial charge in [0.05, 0.1) is 15.6 Å². The largest absolute Gasteiger partial charge is 0.478 e. The molecule has 0 aromatic heterocycles. The third kappa shape index (κ3) is 3.05. The molecule has 2 aromatic carbocycles. The van der Waals surface area contributed by atoms with E-state index >= 15 is 0 Å². The summed E-state index contributed by atoms with van der Waals surface area (Å²) in [5.41, 5.74) is 1.32. The number of hydrogen-bond donors (Lipinski definition) is 1. The van der Waals surface area contributed by atoms with E-state index in [1.807, 2.05) is 30.3 Å². The maximum Gasteiger partial charge on any atom is 0.338 e. The van der Waals surface area contributed by atoms with Crippen molar-refractivity contribution in [3.63, 3.8) is 0 Å². The molecule has 0 unspecified atom stereocenters. The van der Waals surface area contributed by atoms with Gasteiger partial charge < -0.3 is 10.0 Å². The van der Waals surface area contributed by atoms with Crippen molar-refractivity contribution in [1.29, 1.82) is 0 Å². The quantitative estimate of drug-likeness (QED) is 0.913. The van der Waals surface area contributed by atoms with Crippen LogP contribution in [0.15, 0.2) is 42.5 Å². The van der Waals surface area contributed by atoms with Crippen molar-refractivity contribution in [1.82, 2.24) is 4.90 Å². The molecule has 1 heterocycles. The van der Waals surface area contributed by atoms with E-state index in [-0.39, 0.29) is 21.5 Å². The van der Waals surface area contributed by atoms with Crippen LogP contribution in [-0.2, 0) is 0 Å². The van der Waals surface area contributed by atoms with Crippen LogP contribution in [0, 0.1) is 0 Å². The Bertz CT molecular complexity index is 748. The predicted molar refractivity (Wildman–Crippen MR) is 88.5 cm³/mol. The second kappa shape index (κ2) is 6.22. The number of amides is 1. The zero-order valence-corrected chi connectivity index (χ0v) is 13.5. The Labute approximate surface area is 143 Å². The van der Waals surface area contributed by atoms with Crippen molar-refractivity contribution in [3.05, 3.63) is 69.2 Å². The van der Waals surface area contributed by atoms with Crippen LogP contribution >= 0.6 is 23.2 Å². The summed E-state index contributed by atoms with van der Waals surface area (Å²) in [6.07, 6.45) is 0. The lowest BCUT2D eigenvalue weighted by atomic mass is 9.91. The fourth-order valence-corrected chi connectivity index (χ4v) is 3.31. The van der Waals surface area contributed by atoms with Crippen molar-refractivity contribution in [2.45, 2.75) is 5.92 Å². The van der Waals surface area contributed by atoms with Gasteiger partial charge in [-0.2, -0.15) is 0 Å². The zero-order chi connectivity index (χ0) is 16.6. The van der Waals surface area contributed by atoms with Crippen LogP contribution < -0.4 is 0 Å². The van der Waals surface area contributed by atoms with Crippen molar-refractivity contribution in [3.8, 4) is 0 Å². The summed E-state index contributed by atoms with van der Waals surface area (Å²) in [5.74, 6) is -1.09. The molecule has 0 aliphatic carbocycles. The van der Waals surface area contributed by atoms with Gasteiger partial charge in [-0.1, -0.05) is 53.5 Å². The number of hydrogen-bond acceptors (Lipinski definition) is 2. The minimum Gasteiger partial charge on any atom is -0.478 e. The van der Waals surface area contributed by atoms with E-state index in [4.69, 9.17) is 28.3 Å². The standard InChI is InChI=1S/C17H13Cl2NO3/c18-13-6-11(7-14(19)15(13)17(22)23)16(21)20-8-12(9-20)10-4-2-1-3-5-10/h1-7,12H,8-9H2,(H,22,23). The number of aromatic carboxylic acids is 1. The Balaban J connectivity index is 1.74. The van der Waals surface area contributed by atoms with Crippen molar-refractivity contribution in [2.24, 2.45) is 0 Å². The minimum atomic E-state index is -1.22. The van der Waals surface area contributed by atoms with Crippen LogP contribution in [-0.4, -0.2) is 35.0 Å². The van der Waals surface area contributed by atoms with E-state index in [1.54, 1.807) is 4.90 Å². The predicted octanol–water partition coefficient (Wildman–Crippen LogP) is 3.93. The molecule has 1 aliphatic rings. The fraction of sp³-hybridized carbons (Fsp3) is 0.176. The number of carboxylic acids is 1. The first-order valence-corrected chi connectivity index (χ1v) is 7.79. The summed E-state index contributed by atoms with van der Waals surface area (Å²) < 4.78 is 0. The van der Waals surface area contributed by atoms with E-state index in [2.05, 4.69) is 0 Å². The molecule has 2 aromatic rings. The molecule has 118 valence electrons. The van der Waals surface area contributed by atoms with E-state index in [1.165, 1.54) is 17.7 Å². The molecule has 0 radical (unpaired) electrons. The SMILES string of the molecule is O=C(O)c1c(Cl)cc(C(=O)N2CC(c3ccccc3)C2)cc1Cl. The van der Waals surface area contributed by atoms with Gasteiger partial charge in [-0.15, -0.1) is 0 Å². The monoisotopic (exact) mass is 349 g/mol. The summed E-state index contributed by atoms with van der Waals surface area (Å²) in [4.78, 5) is 25.2. The molecule has 1 saturated heterocycles. The highest BCUT2D eigenvalue weighted by Crippen LogP contribution is 2.31. The van der Waals surface area contributed by atoms with Crippen LogP contribution in [0.5, 0.6) is 0 Å². The Morgan fingerprint density at radius 1 is 1.04 bits per heavy atom. The van der Waals surface area contributed by atoms with E-state index in [0.717, 1.165) is 0 Å². The third-order valence-electron chi connectivity index (χ3n) is 3.94. The summed E-state index contributed by atoms with van der Waals surface area (Å²) >= 11 is 11.9. The van der Waals surface area contributed by atoms with Crippen molar-refractivity contribution >= 4 is 35.1 Å². The first-order chi connectivity index (χ1) is 11.0. The number of likely N-dealkylation sites (tertiary alicyclic amines) is 1. The van der Waals surface area contributed by atoms with Gasteiger partial charge in [0.25, 0.3) is 5.91 Å². The molecule has 23 heavy (non-hydrogen) atoms. The van der Waals surface area contributed by atoms with Gasteiger partial charge in [0.2, 0.25) is 0 Å². The second-order valence-electron chi connectivity index (χ2n) is 5.44. The molecule has 1 fully saturated rings. The molecule has 6 heteroatoms. The number of nitrogens with zero attached hydrogens (tertiary/aromatic N) is 1. The molecular weight excluding hydrogens is 337 g/mol. The summed E-state index contributed by atoms with van der Waals surface area (Å²) in [7, 11) is 0. The van der Waals surface area contributed by atoms with Gasteiger partial charge >= 0.3 is 5.97 Å². The smallest absolute Gasteiger partial charge is 0.338 e. The second-order valence-corrected chi connectivity index (χ2v) is 6.25. The van der Waals surface area contributed by atoms with E-state index < -0.39 is 5.97 Å². The van der Waals surface area contributed by atoms with Gasteiger partial charge in [-0.25, -0.2) is 4.79 Å². The number of carbonyl (C=O) groups is 2. The number of carbonyl (C=O) groups excluding carboxylic acids is 1. The fourth-order valence-electron chi connectivity index (χ4n) is 2.66. The molecule has 0 saturated carbocycles. The molecular formula is C17H13Cl2NO3. The van der Waals surface area contributed by atoms with Crippen molar-refractivity contribution in [2.75, 3.05) is 13.1 Å². The topological polar surface area (TPSA) is 57.6 Å². The molecule has 1 aliphatic heterocycles. The molecule has 0 spiro atoms. The van der Waals surface area contributed by atoms with E-state index in [0.29, 0.717) is 24.6 Å². The van der Waals surface area contributed by atoms with Gasteiger partial charge in [0.1, 0.15) is 0 Å². The molecule has 3 rings (SSSR count).